The van der Waals surface area contributed by atoms with E-state index in [4.69, 9.17) is 4.42 Å². The number of aromatic nitrogens is 1. The third-order valence-electron chi connectivity index (χ3n) is 11.0. The maximum atomic E-state index is 6.52. The van der Waals surface area contributed by atoms with Gasteiger partial charge in [-0.3, -0.25) is 0 Å². The first-order chi connectivity index (χ1) is 27.3. The predicted octanol–water partition coefficient (Wildman–Crippen LogP) is 14.6. The number of benzene rings is 9. The van der Waals surface area contributed by atoms with Crippen LogP contribution in [0.15, 0.2) is 211 Å². The second-order valence-corrected chi connectivity index (χ2v) is 14.2. The second kappa shape index (κ2) is 12.6. The number of rotatable bonds is 6. The van der Waals surface area contributed by atoms with Crippen LogP contribution in [0.4, 0.5) is 17.1 Å². The Kier molecular flexibility index (Phi) is 7.17. The molecular weight excluding hydrogens is 669 g/mol. The summed E-state index contributed by atoms with van der Waals surface area (Å²) in [6, 6.07) is 73.9. The normalized spacial score (nSPS) is 11.6. The van der Waals surface area contributed by atoms with Gasteiger partial charge in [-0.05, 0) is 107 Å². The van der Waals surface area contributed by atoms with Gasteiger partial charge in [0, 0.05) is 49.7 Å². The highest BCUT2D eigenvalue weighted by Crippen LogP contribution is 2.42. The van der Waals surface area contributed by atoms with Crippen molar-refractivity contribution in [1.29, 1.82) is 0 Å². The summed E-state index contributed by atoms with van der Waals surface area (Å²) in [7, 11) is 0. The van der Waals surface area contributed by atoms with E-state index in [9.17, 15) is 0 Å². The molecule has 55 heavy (non-hydrogen) atoms. The molecule has 9 aromatic carbocycles. The first-order valence-corrected chi connectivity index (χ1v) is 18.8. The lowest BCUT2D eigenvalue weighted by Crippen LogP contribution is -2.10. The van der Waals surface area contributed by atoms with E-state index in [1.54, 1.807) is 0 Å². The molecule has 0 unspecified atom stereocenters. The summed E-state index contributed by atoms with van der Waals surface area (Å²) in [6.45, 7) is 0. The van der Waals surface area contributed by atoms with E-state index in [0.717, 1.165) is 55.5 Å². The largest absolute Gasteiger partial charge is 0.455 e. The molecule has 0 spiro atoms. The van der Waals surface area contributed by atoms with Crippen LogP contribution in [0.2, 0.25) is 0 Å². The molecule has 11 aromatic rings. The van der Waals surface area contributed by atoms with Crippen molar-refractivity contribution in [2.75, 3.05) is 4.90 Å². The van der Waals surface area contributed by atoms with E-state index in [0.29, 0.717) is 0 Å². The number of hydrogen-bond donors (Lipinski definition) is 0. The van der Waals surface area contributed by atoms with Crippen LogP contribution in [0.1, 0.15) is 0 Å². The SMILES string of the molecule is c1ccc(-c2cccc(N(c3ccc(-c4ccc5c(c4)c4ccccc4n5-c4ccccc4)cc3)c3ccc4ccc5c6ccccc6oc5c4c3)c2)cc1. The van der Waals surface area contributed by atoms with Crippen LogP contribution in [-0.4, -0.2) is 4.57 Å². The van der Waals surface area contributed by atoms with Gasteiger partial charge in [0.15, 0.2) is 0 Å². The number of para-hydroxylation sites is 3. The van der Waals surface area contributed by atoms with E-state index in [1.807, 2.05) is 12.1 Å². The second-order valence-electron chi connectivity index (χ2n) is 14.2. The Morgan fingerprint density at radius 2 is 0.964 bits per heavy atom. The summed E-state index contributed by atoms with van der Waals surface area (Å²) in [5.41, 5.74) is 13.3. The number of anilines is 3. The van der Waals surface area contributed by atoms with Crippen LogP contribution in [0, 0.1) is 0 Å². The molecule has 0 aliphatic rings. The molecule has 0 saturated heterocycles. The third-order valence-corrected chi connectivity index (χ3v) is 11.0. The third kappa shape index (κ3) is 5.20. The summed E-state index contributed by atoms with van der Waals surface area (Å²) >= 11 is 0. The number of nitrogens with zero attached hydrogens (tertiary/aromatic N) is 2. The first-order valence-electron chi connectivity index (χ1n) is 18.8. The average Bonchev–Trinajstić information content (AvgIpc) is 3.81. The summed E-state index contributed by atoms with van der Waals surface area (Å²) < 4.78 is 8.88. The van der Waals surface area contributed by atoms with Gasteiger partial charge in [-0.15, -0.1) is 0 Å². The van der Waals surface area contributed by atoms with E-state index in [1.165, 1.54) is 44.1 Å². The average molecular weight is 703 g/mol. The molecule has 0 N–H and O–H groups in total. The summed E-state index contributed by atoms with van der Waals surface area (Å²) in [5, 5.41) is 7.00. The smallest absolute Gasteiger partial charge is 0.143 e. The fraction of sp³-hybridized carbons (Fsp3) is 0. The molecule has 0 fully saturated rings. The van der Waals surface area contributed by atoms with Gasteiger partial charge in [0.05, 0.1) is 11.0 Å². The predicted molar refractivity (Wildman–Crippen MR) is 231 cm³/mol. The van der Waals surface area contributed by atoms with E-state index in [2.05, 4.69) is 204 Å². The summed E-state index contributed by atoms with van der Waals surface area (Å²) in [6.07, 6.45) is 0. The van der Waals surface area contributed by atoms with Crippen molar-refractivity contribution in [1.82, 2.24) is 4.57 Å². The van der Waals surface area contributed by atoms with Crippen LogP contribution >= 0.6 is 0 Å². The minimum Gasteiger partial charge on any atom is -0.455 e. The van der Waals surface area contributed by atoms with Gasteiger partial charge in [0.25, 0.3) is 0 Å². The molecule has 0 radical (unpaired) electrons. The maximum Gasteiger partial charge on any atom is 0.143 e. The van der Waals surface area contributed by atoms with Gasteiger partial charge in [-0.2, -0.15) is 0 Å². The molecule has 258 valence electrons. The van der Waals surface area contributed by atoms with Gasteiger partial charge < -0.3 is 13.9 Å². The Morgan fingerprint density at radius 1 is 0.345 bits per heavy atom. The molecule has 3 heteroatoms. The molecule has 0 atom stereocenters. The highest BCUT2D eigenvalue weighted by Gasteiger charge is 2.18. The fourth-order valence-corrected chi connectivity index (χ4v) is 8.34. The van der Waals surface area contributed by atoms with Crippen LogP contribution in [0.5, 0.6) is 0 Å². The minimum absolute atomic E-state index is 0.904. The quantitative estimate of drug-likeness (QED) is 0.172. The van der Waals surface area contributed by atoms with Gasteiger partial charge in [-0.1, -0.05) is 127 Å². The van der Waals surface area contributed by atoms with Crippen LogP contribution in [-0.2, 0) is 0 Å². The van der Waals surface area contributed by atoms with Gasteiger partial charge in [0.1, 0.15) is 11.2 Å². The molecule has 11 rings (SSSR count). The van der Waals surface area contributed by atoms with Crippen molar-refractivity contribution in [2.24, 2.45) is 0 Å². The lowest BCUT2D eigenvalue weighted by atomic mass is 10.0. The van der Waals surface area contributed by atoms with Crippen LogP contribution < -0.4 is 4.90 Å². The number of fused-ring (bicyclic) bond motifs is 8. The van der Waals surface area contributed by atoms with Crippen molar-refractivity contribution >= 4 is 71.6 Å². The van der Waals surface area contributed by atoms with E-state index >= 15 is 0 Å². The number of hydrogen-bond acceptors (Lipinski definition) is 2. The molecule has 0 aliphatic heterocycles. The minimum atomic E-state index is 0.904. The zero-order chi connectivity index (χ0) is 36.3. The molecule has 0 bridgehead atoms. The van der Waals surface area contributed by atoms with Gasteiger partial charge in [0.2, 0.25) is 0 Å². The Balaban J connectivity index is 1.05. The lowest BCUT2D eigenvalue weighted by Gasteiger charge is -2.26. The maximum absolute atomic E-state index is 6.52. The van der Waals surface area contributed by atoms with Crippen molar-refractivity contribution in [3.63, 3.8) is 0 Å². The Labute approximate surface area is 318 Å². The highest BCUT2D eigenvalue weighted by molar-refractivity contribution is 6.16. The van der Waals surface area contributed by atoms with E-state index < -0.39 is 0 Å². The van der Waals surface area contributed by atoms with Crippen LogP contribution in [0.3, 0.4) is 0 Å². The molecular formula is C52H34N2O. The Morgan fingerprint density at radius 3 is 1.82 bits per heavy atom. The van der Waals surface area contributed by atoms with Gasteiger partial charge in [-0.25, -0.2) is 0 Å². The zero-order valence-electron chi connectivity index (χ0n) is 29.9. The highest BCUT2D eigenvalue weighted by atomic mass is 16.3. The van der Waals surface area contributed by atoms with Crippen molar-refractivity contribution < 1.29 is 4.42 Å². The molecule has 3 nitrogen and oxygen atoms in total. The molecule has 2 heterocycles. The lowest BCUT2D eigenvalue weighted by molar-refractivity contribution is 0.672. The van der Waals surface area contributed by atoms with Crippen molar-refractivity contribution in [3.05, 3.63) is 206 Å². The molecule has 0 saturated carbocycles. The Bertz CT molecular complexity index is 3190. The molecule has 0 amide bonds. The van der Waals surface area contributed by atoms with Crippen molar-refractivity contribution in [3.8, 4) is 27.9 Å². The van der Waals surface area contributed by atoms with Crippen molar-refractivity contribution in [2.45, 2.75) is 0 Å². The summed E-state index contributed by atoms with van der Waals surface area (Å²) in [4.78, 5) is 2.35. The Hall–Kier alpha value is -7.36. The monoisotopic (exact) mass is 702 g/mol. The standard InChI is InChI=1S/C52H34N2O/c1-3-12-35(13-4-1)38-14-11-17-42(32-38)53(43-29-24-37-25-30-46-45-19-8-10-21-51(45)55-52(46)47(37)34-43)41-27-22-36(23-28-41)39-26-31-50-48(33-39)44-18-7-9-20-49(44)54(50)40-15-5-2-6-16-40/h1-34H. The van der Waals surface area contributed by atoms with Gasteiger partial charge >= 0.3 is 0 Å². The molecule has 2 aromatic heterocycles. The number of furan rings is 1. The molecule has 0 aliphatic carbocycles. The van der Waals surface area contributed by atoms with Crippen LogP contribution in [0.25, 0.3) is 82.5 Å². The first kappa shape index (κ1) is 31.2. The zero-order valence-corrected chi connectivity index (χ0v) is 29.9. The van der Waals surface area contributed by atoms with E-state index in [-0.39, 0.29) is 0 Å². The fourth-order valence-electron chi connectivity index (χ4n) is 8.34. The summed E-state index contributed by atoms with van der Waals surface area (Å²) in [5.74, 6) is 0. The topological polar surface area (TPSA) is 21.3 Å².